The van der Waals surface area contributed by atoms with E-state index < -0.39 is 12.1 Å². The van der Waals surface area contributed by atoms with E-state index in [-0.39, 0.29) is 23.9 Å². The SMILES string of the molecule is CC[C@H]1C(OCOC)C2C3CC[C@H]([C@H](C)C[C@H](F)C(=O)OC)[C@@]3(C)[C@@H](C)CC2[C@@]2(C)CC[C@@H](C)C[C@@H]12. The molecule has 0 aromatic carbocycles. The van der Waals surface area contributed by atoms with Crippen LogP contribution < -0.4 is 0 Å². The molecule has 0 aliphatic heterocycles. The van der Waals surface area contributed by atoms with E-state index in [1.165, 1.54) is 39.2 Å². The summed E-state index contributed by atoms with van der Waals surface area (Å²) in [7, 11) is 3.02. The van der Waals surface area contributed by atoms with E-state index >= 15 is 0 Å². The number of halogens is 1. The Morgan fingerprint density at radius 2 is 1.78 bits per heavy atom. The van der Waals surface area contributed by atoms with Gasteiger partial charge in [-0.25, -0.2) is 9.18 Å². The predicted molar refractivity (Wildman–Crippen MR) is 141 cm³/mol. The molecule has 0 N–H and O–H groups in total. The van der Waals surface area contributed by atoms with Gasteiger partial charge in [0.05, 0.1) is 13.2 Å². The lowest BCUT2D eigenvalue weighted by atomic mass is 9.39. The first-order valence-corrected chi connectivity index (χ1v) is 14.9. The molecule has 4 nitrogen and oxygen atoms in total. The molecule has 36 heavy (non-hydrogen) atoms. The average Bonchev–Trinajstić information content (AvgIpc) is 3.21. The third-order valence-corrected chi connectivity index (χ3v) is 12.4. The summed E-state index contributed by atoms with van der Waals surface area (Å²) in [6.45, 7) is 15.0. The number of rotatable bonds is 8. The first-order valence-electron chi connectivity index (χ1n) is 14.9. The number of esters is 1. The zero-order valence-electron chi connectivity index (χ0n) is 24.2. The number of ether oxygens (including phenoxy) is 3. The fourth-order valence-electron chi connectivity index (χ4n) is 10.5. The van der Waals surface area contributed by atoms with Crippen LogP contribution in [0.4, 0.5) is 4.39 Å². The Labute approximate surface area is 219 Å². The van der Waals surface area contributed by atoms with Crippen LogP contribution in [0.2, 0.25) is 0 Å². The summed E-state index contributed by atoms with van der Waals surface area (Å²) in [6, 6.07) is 0. The van der Waals surface area contributed by atoms with Crippen LogP contribution >= 0.6 is 0 Å². The maximum Gasteiger partial charge on any atom is 0.340 e. The van der Waals surface area contributed by atoms with Gasteiger partial charge in [0, 0.05) is 7.11 Å². The second-order valence-electron chi connectivity index (χ2n) is 13.8. The van der Waals surface area contributed by atoms with Crippen molar-refractivity contribution >= 4 is 5.97 Å². The van der Waals surface area contributed by atoms with Gasteiger partial charge in [-0.2, -0.15) is 0 Å². The van der Waals surface area contributed by atoms with E-state index in [9.17, 15) is 9.18 Å². The largest absolute Gasteiger partial charge is 0.467 e. The lowest BCUT2D eigenvalue weighted by molar-refractivity contribution is -0.240. The summed E-state index contributed by atoms with van der Waals surface area (Å²) in [6.07, 6.45) is 7.68. The molecule has 0 radical (unpaired) electrons. The second-order valence-corrected chi connectivity index (χ2v) is 13.8. The van der Waals surface area contributed by atoms with Gasteiger partial charge in [0.25, 0.3) is 0 Å². The molecule has 0 amide bonds. The lowest BCUT2D eigenvalue weighted by Gasteiger charge is -2.67. The fourth-order valence-corrected chi connectivity index (χ4v) is 10.5. The summed E-state index contributed by atoms with van der Waals surface area (Å²) in [5.41, 5.74) is 0.507. The predicted octanol–water partition coefficient (Wildman–Crippen LogP) is 7.30. The van der Waals surface area contributed by atoms with Crippen molar-refractivity contribution in [2.75, 3.05) is 21.0 Å². The molecule has 4 rings (SSSR count). The zero-order chi connectivity index (χ0) is 26.4. The normalized spacial score (nSPS) is 47.9. The smallest absolute Gasteiger partial charge is 0.340 e. The summed E-state index contributed by atoms with van der Waals surface area (Å²) in [4.78, 5) is 11.9. The quantitative estimate of drug-likeness (QED) is 0.255. The van der Waals surface area contributed by atoms with Crippen LogP contribution in [-0.4, -0.2) is 39.3 Å². The van der Waals surface area contributed by atoms with Gasteiger partial charge in [0.1, 0.15) is 6.79 Å². The minimum absolute atomic E-state index is 0.133. The third kappa shape index (κ3) is 4.46. The maximum absolute atomic E-state index is 14.7. The number of alkyl halides is 1. The molecule has 4 aliphatic rings. The molecule has 0 bridgehead atoms. The van der Waals surface area contributed by atoms with Crippen molar-refractivity contribution in [1.82, 2.24) is 0 Å². The Morgan fingerprint density at radius 1 is 1.06 bits per heavy atom. The highest BCUT2D eigenvalue weighted by atomic mass is 19.1. The van der Waals surface area contributed by atoms with E-state index in [1.807, 2.05) is 0 Å². The van der Waals surface area contributed by atoms with Crippen LogP contribution in [0.1, 0.15) is 92.9 Å². The van der Waals surface area contributed by atoms with Crippen molar-refractivity contribution in [3.05, 3.63) is 0 Å². The van der Waals surface area contributed by atoms with Crippen molar-refractivity contribution in [3.63, 3.8) is 0 Å². The minimum Gasteiger partial charge on any atom is -0.467 e. The first-order chi connectivity index (χ1) is 17.0. The maximum atomic E-state index is 14.7. The van der Waals surface area contributed by atoms with Crippen molar-refractivity contribution < 1.29 is 23.4 Å². The van der Waals surface area contributed by atoms with Gasteiger partial charge in [-0.1, -0.05) is 54.4 Å². The molecule has 4 aliphatic carbocycles. The Balaban J connectivity index is 1.69. The molecule has 0 heterocycles. The summed E-state index contributed by atoms with van der Waals surface area (Å²) < 4.78 is 31.5. The van der Waals surface area contributed by atoms with Crippen LogP contribution in [-0.2, 0) is 19.0 Å². The third-order valence-electron chi connectivity index (χ3n) is 12.4. The summed E-state index contributed by atoms with van der Waals surface area (Å²) in [5, 5.41) is 0. The van der Waals surface area contributed by atoms with Crippen molar-refractivity contribution in [1.29, 1.82) is 0 Å². The van der Waals surface area contributed by atoms with Gasteiger partial charge in [-0.15, -0.1) is 0 Å². The van der Waals surface area contributed by atoms with Gasteiger partial charge >= 0.3 is 5.97 Å². The van der Waals surface area contributed by atoms with Crippen LogP contribution in [0.5, 0.6) is 0 Å². The number of hydrogen-bond donors (Lipinski definition) is 0. The molecule has 0 spiro atoms. The van der Waals surface area contributed by atoms with Crippen molar-refractivity contribution in [2.24, 2.45) is 64.1 Å². The van der Waals surface area contributed by atoms with E-state index in [0.29, 0.717) is 47.7 Å². The highest BCUT2D eigenvalue weighted by molar-refractivity contribution is 5.74. The highest BCUT2D eigenvalue weighted by Crippen LogP contribution is 2.71. The van der Waals surface area contributed by atoms with E-state index in [2.05, 4.69) is 41.5 Å². The molecule has 5 heteroatoms. The molecule has 4 saturated carbocycles. The Kier molecular flexibility index (Phi) is 8.52. The number of carbonyl (C=O) groups excluding carboxylic acids is 1. The molecular weight excluding hydrogens is 455 g/mol. The Morgan fingerprint density at radius 3 is 2.42 bits per heavy atom. The van der Waals surface area contributed by atoms with E-state index in [1.54, 1.807) is 7.11 Å². The number of methoxy groups -OCH3 is 2. The van der Waals surface area contributed by atoms with Gasteiger partial charge in [0.2, 0.25) is 0 Å². The summed E-state index contributed by atoms with van der Waals surface area (Å²) >= 11 is 0. The monoisotopic (exact) mass is 508 g/mol. The number of fused-ring (bicyclic) bond motifs is 5. The molecule has 0 saturated heterocycles. The average molecular weight is 509 g/mol. The van der Waals surface area contributed by atoms with Crippen LogP contribution in [0.25, 0.3) is 0 Å². The van der Waals surface area contributed by atoms with Crippen LogP contribution in [0, 0.1) is 64.1 Å². The van der Waals surface area contributed by atoms with Crippen molar-refractivity contribution in [3.8, 4) is 0 Å². The number of carbonyl (C=O) groups is 1. The standard InChI is InChI=1S/C31H53FO4/c1-9-21-24-14-18(2)12-13-30(24,5)25-16-20(4)31(6)22(19(3)15-26(32)29(33)35-8)10-11-23(31)27(25)28(21)36-17-34-7/h18-28H,9-17H2,1-8H3/t18-,19-,20+,21-,22-,23?,24+,25?,26+,27?,28?,30+,31-/m1/s1. The van der Waals surface area contributed by atoms with E-state index in [0.717, 1.165) is 24.7 Å². The molecule has 4 unspecified atom stereocenters. The van der Waals surface area contributed by atoms with Crippen molar-refractivity contribution in [2.45, 2.75) is 105 Å². The summed E-state index contributed by atoms with van der Waals surface area (Å²) in [5.74, 6) is 4.27. The van der Waals surface area contributed by atoms with E-state index in [4.69, 9.17) is 14.2 Å². The van der Waals surface area contributed by atoms with Gasteiger partial charge < -0.3 is 14.2 Å². The fraction of sp³-hybridized carbons (Fsp3) is 0.968. The molecule has 0 aromatic heterocycles. The van der Waals surface area contributed by atoms with Crippen LogP contribution in [0.3, 0.4) is 0 Å². The number of hydrogen-bond acceptors (Lipinski definition) is 4. The van der Waals surface area contributed by atoms with Gasteiger partial charge in [-0.05, 0) is 103 Å². The molecule has 0 aromatic rings. The van der Waals surface area contributed by atoms with Gasteiger partial charge in [0.15, 0.2) is 6.17 Å². The first kappa shape index (κ1) is 28.3. The molecular formula is C31H53FO4. The van der Waals surface area contributed by atoms with Crippen LogP contribution in [0.15, 0.2) is 0 Å². The highest BCUT2D eigenvalue weighted by Gasteiger charge is 2.67. The molecule has 208 valence electrons. The van der Waals surface area contributed by atoms with Gasteiger partial charge in [-0.3, -0.25) is 0 Å². The minimum atomic E-state index is -1.53. The molecule has 4 fully saturated rings. The molecule has 13 atom stereocenters. The zero-order valence-corrected chi connectivity index (χ0v) is 24.2. The lowest BCUT2D eigenvalue weighted by Crippen LogP contribution is -2.63. The topological polar surface area (TPSA) is 44.8 Å². The Hall–Kier alpha value is -0.680. The Bertz CT molecular complexity index is 774. The second kappa shape index (κ2) is 10.8.